The summed E-state index contributed by atoms with van der Waals surface area (Å²) in [7, 11) is 0. The first-order valence-electron chi connectivity index (χ1n) is 10.7. The highest BCUT2D eigenvalue weighted by molar-refractivity contribution is 5.84. The van der Waals surface area contributed by atoms with E-state index in [9.17, 15) is 4.79 Å². The van der Waals surface area contributed by atoms with Crippen LogP contribution in [0.15, 0.2) is 42.5 Å². The number of rotatable bonds is 6. The number of carbonyl (C=O) groups is 1. The Morgan fingerprint density at radius 2 is 1.93 bits per heavy atom. The molecule has 5 nitrogen and oxygen atoms in total. The molecule has 2 aliphatic rings. The highest BCUT2D eigenvalue weighted by atomic mass is 16.6. The summed E-state index contributed by atoms with van der Waals surface area (Å²) < 4.78 is 10.9. The van der Waals surface area contributed by atoms with E-state index in [2.05, 4.69) is 40.5 Å². The van der Waals surface area contributed by atoms with Crippen LogP contribution in [0.25, 0.3) is 0 Å². The summed E-state index contributed by atoms with van der Waals surface area (Å²) in [5, 5.41) is 2.79. The van der Waals surface area contributed by atoms with Crippen molar-refractivity contribution in [1.82, 2.24) is 0 Å². The molecule has 5 heteroatoms. The number of fused-ring (bicyclic) bond motifs is 1. The number of ether oxygens (including phenoxy) is 2. The molecule has 0 saturated heterocycles. The van der Waals surface area contributed by atoms with Gasteiger partial charge in [0, 0.05) is 23.5 Å². The van der Waals surface area contributed by atoms with E-state index in [1.165, 1.54) is 36.1 Å². The number of nitrogens with one attached hydrogen (secondary N) is 1. The Morgan fingerprint density at radius 3 is 2.55 bits per heavy atom. The first kappa shape index (κ1) is 19.6. The molecule has 0 radical (unpaired) electrons. The second-order valence-electron chi connectivity index (χ2n) is 8.14. The van der Waals surface area contributed by atoms with Crippen LogP contribution in [0.1, 0.15) is 57.2 Å². The molecule has 0 spiro atoms. The Labute approximate surface area is 173 Å². The van der Waals surface area contributed by atoms with Crippen molar-refractivity contribution in [2.45, 2.75) is 64.6 Å². The van der Waals surface area contributed by atoms with E-state index >= 15 is 0 Å². The van der Waals surface area contributed by atoms with Crippen LogP contribution in [0.5, 0.6) is 5.75 Å². The van der Waals surface area contributed by atoms with E-state index in [0.29, 0.717) is 18.7 Å². The minimum absolute atomic E-state index is 0.135. The van der Waals surface area contributed by atoms with Gasteiger partial charge < -0.3 is 14.4 Å². The van der Waals surface area contributed by atoms with Crippen molar-refractivity contribution in [3.8, 4) is 5.75 Å². The maximum atomic E-state index is 11.8. The molecule has 1 amide bonds. The Morgan fingerprint density at radius 1 is 1.17 bits per heavy atom. The third kappa shape index (κ3) is 4.19. The van der Waals surface area contributed by atoms with Gasteiger partial charge in [0.2, 0.25) is 0 Å². The van der Waals surface area contributed by atoms with Gasteiger partial charge in [-0.1, -0.05) is 18.2 Å². The van der Waals surface area contributed by atoms with Crippen LogP contribution in [0.3, 0.4) is 0 Å². The van der Waals surface area contributed by atoms with E-state index < -0.39 is 6.09 Å². The van der Waals surface area contributed by atoms with Crippen molar-refractivity contribution in [3.63, 3.8) is 0 Å². The van der Waals surface area contributed by atoms with Gasteiger partial charge in [-0.2, -0.15) is 0 Å². The highest BCUT2D eigenvalue weighted by Crippen LogP contribution is 2.46. The molecule has 1 heterocycles. The maximum Gasteiger partial charge on any atom is 0.411 e. The smallest absolute Gasteiger partial charge is 0.411 e. The lowest BCUT2D eigenvalue weighted by atomic mass is 9.89. The second kappa shape index (κ2) is 8.36. The van der Waals surface area contributed by atoms with E-state index in [1.807, 2.05) is 32.9 Å². The molecule has 1 N–H and O–H groups in total. The van der Waals surface area contributed by atoms with Gasteiger partial charge in [-0.15, -0.1) is 0 Å². The Kier molecular flexibility index (Phi) is 5.65. The van der Waals surface area contributed by atoms with Gasteiger partial charge >= 0.3 is 6.09 Å². The van der Waals surface area contributed by atoms with Crippen molar-refractivity contribution in [2.75, 3.05) is 16.8 Å². The number of hydrogen-bond donors (Lipinski definition) is 1. The van der Waals surface area contributed by atoms with Crippen molar-refractivity contribution in [1.29, 1.82) is 0 Å². The SMILES string of the molecule is CCOc1ccc2c(c1)N(C1CCC1)C(c1ccc(NC(=O)OC(C)C)cc1)C2. The summed E-state index contributed by atoms with van der Waals surface area (Å²) in [6.45, 7) is 6.38. The van der Waals surface area contributed by atoms with Crippen molar-refractivity contribution >= 4 is 17.5 Å². The third-order valence-electron chi connectivity index (χ3n) is 5.75. The van der Waals surface area contributed by atoms with E-state index in [1.54, 1.807) is 0 Å². The van der Waals surface area contributed by atoms with Crippen molar-refractivity contribution < 1.29 is 14.3 Å². The van der Waals surface area contributed by atoms with Gasteiger partial charge in [0.05, 0.1) is 18.8 Å². The molecular weight excluding hydrogens is 364 g/mol. The lowest BCUT2D eigenvalue weighted by Crippen LogP contribution is -2.40. The number of carbonyl (C=O) groups excluding carboxylic acids is 1. The van der Waals surface area contributed by atoms with Gasteiger partial charge in [0.15, 0.2) is 0 Å². The second-order valence-corrected chi connectivity index (χ2v) is 8.14. The lowest BCUT2D eigenvalue weighted by molar-refractivity contribution is 0.130. The lowest BCUT2D eigenvalue weighted by Gasteiger charge is -2.41. The Bertz CT molecular complexity index is 859. The highest BCUT2D eigenvalue weighted by Gasteiger charge is 2.37. The van der Waals surface area contributed by atoms with Gasteiger partial charge in [-0.05, 0) is 75.8 Å². The average Bonchev–Trinajstić information content (AvgIpc) is 2.99. The van der Waals surface area contributed by atoms with E-state index in [0.717, 1.165) is 17.9 Å². The van der Waals surface area contributed by atoms with Crippen LogP contribution in [0, 0.1) is 0 Å². The standard InChI is InChI=1S/C24H30N2O3/c1-4-28-21-13-10-18-14-22(26(23(18)15-21)20-6-5-7-20)17-8-11-19(12-9-17)25-24(27)29-16(2)3/h8-13,15-16,20,22H,4-7,14H2,1-3H3,(H,25,27). The molecule has 1 unspecified atom stereocenters. The monoisotopic (exact) mass is 394 g/mol. The summed E-state index contributed by atoms with van der Waals surface area (Å²) in [4.78, 5) is 14.4. The molecule has 0 aromatic heterocycles. The predicted molar refractivity (Wildman–Crippen MR) is 116 cm³/mol. The fourth-order valence-corrected chi connectivity index (χ4v) is 4.23. The normalized spacial score (nSPS) is 18.3. The topological polar surface area (TPSA) is 50.8 Å². The molecule has 154 valence electrons. The molecule has 1 fully saturated rings. The van der Waals surface area contributed by atoms with Crippen LogP contribution in [-0.4, -0.2) is 24.8 Å². The molecule has 4 rings (SSSR count). The minimum atomic E-state index is -0.416. The summed E-state index contributed by atoms with van der Waals surface area (Å²) in [6.07, 6.45) is 4.24. The van der Waals surface area contributed by atoms with Crippen LogP contribution in [-0.2, 0) is 11.2 Å². The summed E-state index contributed by atoms with van der Waals surface area (Å²) in [5.74, 6) is 0.944. The van der Waals surface area contributed by atoms with Crippen LogP contribution in [0.2, 0.25) is 0 Å². The Hall–Kier alpha value is -2.69. The van der Waals surface area contributed by atoms with Gasteiger partial charge in [-0.3, -0.25) is 5.32 Å². The zero-order valence-corrected chi connectivity index (χ0v) is 17.5. The van der Waals surface area contributed by atoms with E-state index in [-0.39, 0.29) is 6.10 Å². The molecule has 2 aromatic rings. The predicted octanol–water partition coefficient (Wildman–Crippen LogP) is 5.70. The van der Waals surface area contributed by atoms with Crippen LogP contribution >= 0.6 is 0 Å². The van der Waals surface area contributed by atoms with Gasteiger partial charge in [0.25, 0.3) is 0 Å². The van der Waals surface area contributed by atoms with Crippen LogP contribution < -0.4 is 15.0 Å². The molecule has 1 aliphatic carbocycles. The molecule has 1 saturated carbocycles. The van der Waals surface area contributed by atoms with Gasteiger partial charge in [-0.25, -0.2) is 4.79 Å². The van der Waals surface area contributed by atoms with Crippen molar-refractivity contribution in [2.24, 2.45) is 0 Å². The molecular formula is C24H30N2O3. The fourth-order valence-electron chi connectivity index (χ4n) is 4.23. The molecule has 1 aliphatic heterocycles. The fraction of sp³-hybridized carbons (Fsp3) is 0.458. The third-order valence-corrected chi connectivity index (χ3v) is 5.75. The average molecular weight is 395 g/mol. The minimum Gasteiger partial charge on any atom is -0.494 e. The van der Waals surface area contributed by atoms with E-state index in [4.69, 9.17) is 9.47 Å². The largest absolute Gasteiger partial charge is 0.494 e. The van der Waals surface area contributed by atoms with Crippen molar-refractivity contribution in [3.05, 3.63) is 53.6 Å². The number of anilines is 2. The zero-order chi connectivity index (χ0) is 20.4. The first-order chi connectivity index (χ1) is 14.0. The molecule has 29 heavy (non-hydrogen) atoms. The maximum absolute atomic E-state index is 11.8. The number of nitrogens with zero attached hydrogens (tertiary/aromatic N) is 1. The number of benzene rings is 2. The zero-order valence-electron chi connectivity index (χ0n) is 17.5. The quantitative estimate of drug-likeness (QED) is 0.683. The van der Waals surface area contributed by atoms with Gasteiger partial charge in [0.1, 0.15) is 5.75 Å². The molecule has 2 aromatic carbocycles. The number of amides is 1. The molecule has 1 atom stereocenters. The summed E-state index contributed by atoms with van der Waals surface area (Å²) >= 11 is 0. The Balaban J connectivity index is 1.55. The van der Waals surface area contributed by atoms with Crippen LogP contribution in [0.4, 0.5) is 16.2 Å². The molecule has 0 bridgehead atoms. The summed E-state index contributed by atoms with van der Waals surface area (Å²) in [5.41, 5.74) is 4.72. The summed E-state index contributed by atoms with van der Waals surface area (Å²) in [6, 6.07) is 15.6. The first-order valence-corrected chi connectivity index (χ1v) is 10.7. The number of hydrogen-bond acceptors (Lipinski definition) is 4.